The summed E-state index contributed by atoms with van der Waals surface area (Å²) >= 11 is 0. The fraction of sp³-hybridized carbons (Fsp3) is 0.846. The van der Waals surface area contributed by atoms with E-state index in [1.165, 1.54) is 12.8 Å². The summed E-state index contributed by atoms with van der Waals surface area (Å²) in [6.45, 7) is 5.05. The van der Waals surface area contributed by atoms with Gasteiger partial charge in [-0.1, -0.05) is 12.8 Å². The van der Waals surface area contributed by atoms with Crippen molar-refractivity contribution in [3.63, 3.8) is 0 Å². The first-order valence-corrected chi connectivity index (χ1v) is 7.23. The number of halogens is 1. The summed E-state index contributed by atoms with van der Waals surface area (Å²) in [5.74, 6) is 0.824. The van der Waals surface area contributed by atoms with Crippen LogP contribution < -0.4 is 11.5 Å². The first kappa shape index (κ1) is 17.5. The predicted molar refractivity (Wildman–Crippen MR) is 91.1 cm³/mol. The second kappa shape index (κ2) is 8.66. The van der Waals surface area contributed by atoms with Crippen molar-refractivity contribution in [2.45, 2.75) is 25.7 Å². The van der Waals surface area contributed by atoms with Crippen LogP contribution in [0.25, 0.3) is 0 Å². The lowest BCUT2D eigenvalue weighted by atomic mass is 10.1. The van der Waals surface area contributed by atoms with Crippen LogP contribution in [0, 0.1) is 5.92 Å². The summed E-state index contributed by atoms with van der Waals surface area (Å²) in [6.07, 6.45) is 4.61. The van der Waals surface area contributed by atoms with Crippen molar-refractivity contribution in [1.82, 2.24) is 9.80 Å². The van der Waals surface area contributed by atoms with Gasteiger partial charge in [0.25, 0.3) is 0 Å². The molecule has 1 aliphatic carbocycles. The molecule has 20 heavy (non-hydrogen) atoms. The van der Waals surface area contributed by atoms with Gasteiger partial charge in [-0.25, -0.2) is 0 Å². The molecule has 0 aromatic heterocycles. The Labute approximate surface area is 138 Å². The summed E-state index contributed by atoms with van der Waals surface area (Å²) in [7, 11) is 0. The molecule has 1 heterocycles. The van der Waals surface area contributed by atoms with Crippen LogP contribution in [-0.4, -0.2) is 60.9 Å². The molecular weight excluding hydrogens is 369 g/mol. The largest absolute Gasteiger partial charge is 0.370 e. The molecule has 0 atom stereocenters. The smallest absolute Gasteiger partial charge is 0.225 e. The fourth-order valence-electron chi connectivity index (χ4n) is 2.94. The van der Waals surface area contributed by atoms with Crippen molar-refractivity contribution in [2.24, 2.45) is 22.4 Å². The highest BCUT2D eigenvalue weighted by molar-refractivity contribution is 14.0. The van der Waals surface area contributed by atoms with Crippen LogP contribution >= 0.6 is 24.0 Å². The molecule has 0 radical (unpaired) electrons. The molecule has 1 saturated carbocycles. The number of piperazine rings is 1. The molecule has 116 valence electrons. The van der Waals surface area contributed by atoms with Crippen LogP contribution in [-0.2, 0) is 4.79 Å². The van der Waals surface area contributed by atoms with Gasteiger partial charge >= 0.3 is 0 Å². The van der Waals surface area contributed by atoms with E-state index in [4.69, 9.17) is 11.5 Å². The highest BCUT2D eigenvalue weighted by atomic mass is 127. The quantitative estimate of drug-likeness (QED) is 0.405. The van der Waals surface area contributed by atoms with Crippen LogP contribution in [0.2, 0.25) is 0 Å². The molecule has 2 aliphatic rings. The third-order valence-electron chi connectivity index (χ3n) is 4.10. The molecule has 1 amide bonds. The van der Waals surface area contributed by atoms with Crippen molar-refractivity contribution in [3.05, 3.63) is 0 Å². The number of hydrogen-bond acceptors (Lipinski definition) is 3. The van der Waals surface area contributed by atoms with E-state index in [1.807, 2.05) is 4.90 Å². The summed E-state index contributed by atoms with van der Waals surface area (Å²) < 4.78 is 0. The Hall–Kier alpha value is -0.570. The molecule has 4 N–H and O–H groups in total. The highest BCUT2D eigenvalue weighted by Crippen LogP contribution is 2.26. The molecule has 2 rings (SSSR count). The zero-order valence-electron chi connectivity index (χ0n) is 12.0. The van der Waals surface area contributed by atoms with Gasteiger partial charge in [0.15, 0.2) is 5.96 Å². The monoisotopic (exact) mass is 395 g/mol. The number of rotatable bonds is 4. The lowest BCUT2D eigenvalue weighted by Gasteiger charge is -2.35. The zero-order valence-corrected chi connectivity index (χ0v) is 14.3. The maximum absolute atomic E-state index is 12.3. The minimum atomic E-state index is 0. The number of carbonyl (C=O) groups excluding carboxylic acids is 1. The number of amides is 1. The number of nitrogens with two attached hydrogens (primary N) is 2. The van der Waals surface area contributed by atoms with Crippen molar-refractivity contribution < 1.29 is 4.79 Å². The van der Waals surface area contributed by atoms with Crippen molar-refractivity contribution in [2.75, 3.05) is 39.3 Å². The van der Waals surface area contributed by atoms with Gasteiger partial charge in [0.1, 0.15) is 0 Å². The number of carbonyl (C=O) groups is 1. The molecule has 7 heteroatoms. The minimum Gasteiger partial charge on any atom is -0.370 e. The fourth-order valence-corrected chi connectivity index (χ4v) is 2.94. The molecular formula is C13H26IN5O. The number of guanidine groups is 1. The summed E-state index contributed by atoms with van der Waals surface area (Å²) in [4.78, 5) is 20.6. The molecule has 1 aliphatic heterocycles. The lowest BCUT2D eigenvalue weighted by molar-refractivity contribution is -0.137. The van der Waals surface area contributed by atoms with Crippen molar-refractivity contribution >= 4 is 35.8 Å². The van der Waals surface area contributed by atoms with Crippen LogP contribution in [0.4, 0.5) is 0 Å². The van der Waals surface area contributed by atoms with Gasteiger partial charge in [0.2, 0.25) is 5.91 Å². The Morgan fingerprint density at radius 2 is 1.70 bits per heavy atom. The third kappa shape index (κ3) is 5.08. The van der Waals surface area contributed by atoms with Crippen LogP contribution in [0.3, 0.4) is 0 Å². The minimum absolute atomic E-state index is 0. The number of nitrogens with zero attached hydrogens (tertiary/aromatic N) is 3. The number of aliphatic imine (C=N–C) groups is 1. The van der Waals surface area contributed by atoms with Gasteiger partial charge < -0.3 is 16.4 Å². The van der Waals surface area contributed by atoms with E-state index in [0.717, 1.165) is 45.6 Å². The Morgan fingerprint density at radius 1 is 1.10 bits per heavy atom. The lowest BCUT2D eigenvalue weighted by Crippen LogP contribution is -2.50. The van der Waals surface area contributed by atoms with Gasteiger partial charge in [-0.15, -0.1) is 24.0 Å². The van der Waals surface area contributed by atoms with E-state index < -0.39 is 0 Å². The average molecular weight is 395 g/mol. The maximum Gasteiger partial charge on any atom is 0.225 e. The Kier molecular flexibility index (Phi) is 7.57. The Morgan fingerprint density at radius 3 is 2.25 bits per heavy atom. The molecule has 0 spiro atoms. The van der Waals surface area contributed by atoms with E-state index >= 15 is 0 Å². The summed E-state index contributed by atoms with van der Waals surface area (Å²) in [6, 6.07) is 0. The van der Waals surface area contributed by atoms with Crippen molar-refractivity contribution in [3.8, 4) is 0 Å². The normalized spacial score (nSPS) is 20.5. The SMILES string of the molecule is I.NC(N)=NCCN1CCN(C(=O)C2CCCC2)CC1. The zero-order chi connectivity index (χ0) is 13.7. The number of hydrogen-bond donors (Lipinski definition) is 2. The van der Waals surface area contributed by atoms with E-state index in [1.54, 1.807) is 0 Å². The molecule has 0 unspecified atom stereocenters. The highest BCUT2D eigenvalue weighted by Gasteiger charge is 2.29. The van der Waals surface area contributed by atoms with Gasteiger partial charge in [-0.2, -0.15) is 0 Å². The first-order chi connectivity index (χ1) is 9.16. The molecule has 1 saturated heterocycles. The second-order valence-corrected chi connectivity index (χ2v) is 5.45. The van der Waals surface area contributed by atoms with Gasteiger partial charge in [0, 0.05) is 38.6 Å². The molecule has 2 fully saturated rings. The Balaban J connectivity index is 0.00000200. The first-order valence-electron chi connectivity index (χ1n) is 7.23. The maximum atomic E-state index is 12.3. The van der Waals surface area contributed by atoms with Crippen LogP contribution in [0.1, 0.15) is 25.7 Å². The van der Waals surface area contributed by atoms with Gasteiger partial charge in [0.05, 0.1) is 6.54 Å². The van der Waals surface area contributed by atoms with E-state index in [-0.39, 0.29) is 29.9 Å². The van der Waals surface area contributed by atoms with E-state index in [9.17, 15) is 4.79 Å². The van der Waals surface area contributed by atoms with E-state index in [2.05, 4.69) is 9.89 Å². The summed E-state index contributed by atoms with van der Waals surface area (Å²) in [5.41, 5.74) is 10.6. The summed E-state index contributed by atoms with van der Waals surface area (Å²) in [5, 5.41) is 0. The van der Waals surface area contributed by atoms with Gasteiger partial charge in [-0.3, -0.25) is 14.7 Å². The third-order valence-corrected chi connectivity index (χ3v) is 4.10. The molecule has 0 bridgehead atoms. The second-order valence-electron chi connectivity index (χ2n) is 5.45. The predicted octanol–water partition coefficient (Wildman–Crippen LogP) is 0.212. The standard InChI is InChI=1S/C13H25N5O.HI/c14-13(15)16-5-6-17-7-9-18(10-8-17)12(19)11-3-1-2-4-11;/h11H,1-10H2,(H4,14,15,16);1H. The Bertz CT molecular complexity index is 332. The average Bonchev–Trinajstić information content (AvgIpc) is 2.92. The molecule has 0 aromatic rings. The topological polar surface area (TPSA) is 87.9 Å². The molecule has 0 aromatic carbocycles. The van der Waals surface area contributed by atoms with E-state index in [0.29, 0.717) is 18.4 Å². The van der Waals surface area contributed by atoms with Crippen LogP contribution in [0.15, 0.2) is 4.99 Å². The van der Waals surface area contributed by atoms with Crippen molar-refractivity contribution in [1.29, 1.82) is 0 Å². The van der Waals surface area contributed by atoms with Gasteiger partial charge in [-0.05, 0) is 12.8 Å². The molecule has 6 nitrogen and oxygen atoms in total. The van der Waals surface area contributed by atoms with Crippen LogP contribution in [0.5, 0.6) is 0 Å².